The van der Waals surface area contributed by atoms with Gasteiger partial charge in [-0.2, -0.15) is 0 Å². The molecule has 0 spiro atoms. The fraction of sp³-hybridized carbons (Fsp3) is 0.400. The lowest BCUT2D eigenvalue weighted by Crippen LogP contribution is -2.36. The van der Waals surface area contributed by atoms with E-state index in [4.69, 9.17) is 30.5 Å². The van der Waals surface area contributed by atoms with Crippen LogP contribution >= 0.6 is 11.6 Å². The Hall–Kier alpha value is -3.45. The van der Waals surface area contributed by atoms with Crippen LogP contribution in [0.1, 0.15) is 68.4 Å². The van der Waals surface area contributed by atoms with Gasteiger partial charge in [0.1, 0.15) is 11.9 Å². The standard InChI is InChI=1S/C30H30ClNO6/c1-16-27(30(34)38-20-5-3-4-6-20)28(21-13-25-26(14-22(21)31)37-15-36-25)29-23(32-16)11-18(12-24(29)33)17-7-9-19(35-2)10-8-17/h7-10,13-14,18,20,28,32H,3-6,11-12,15H2,1-2H3. The molecular weight excluding hydrogens is 506 g/mol. The summed E-state index contributed by atoms with van der Waals surface area (Å²) < 4.78 is 22.4. The van der Waals surface area contributed by atoms with Crippen LogP contribution in [-0.2, 0) is 14.3 Å². The zero-order valence-corrected chi connectivity index (χ0v) is 22.2. The number of ketones is 1. The number of hydrogen-bond acceptors (Lipinski definition) is 7. The molecular formula is C30H30ClNO6. The molecule has 198 valence electrons. The molecule has 2 aromatic rings. The first-order chi connectivity index (χ1) is 18.4. The molecule has 2 aliphatic carbocycles. The zero-order chi connectivity index (χ0) is 26.4. The molecule has 1 fully saturated rings. The minimum atomic E-state index is -0.661. The highest BCUT2D eigenvalue weighted by molar-refractivity contribution is 6.32. The number of hydrogen-bond donors (Lipinski definition) is 1. The van der Waals surface area contributed by atoms with Crippen molar-refractivity contribution in [3.05, 3.63) is 75.1 Å². The number of ether oxygens (including phenoxy) is 4. The van der Waals surface area contributed by atoms with Crippen LogP contribution in [0.25, 0.3) is 0 Å². The normalized spacial score (nSPS) is 22.9. The quantitative estimate of drug-likeness (QED) is 0.475. The van der Waals surface area contributed by atoms with Gasteiger partial charge in [-0.15, -0.1) is 0 Å². The average molecular weight is 536 g/mol. The third-order valence-corrected chi connectivity index (χ3v) is 8.34. The third-order valence-electron chi connectivity index (χ3n) is 8.01. The van der Waals surface area contributed by atoms with Crippen LogP contribution in [0.5, 0.6) is 17.2 Å². The maximum Gasteiger partial charge on any atom is 0.337 e. The summed E-state index contributed by atoms with van der Waals surface area (Å²) >= 11 is 6.78. The van der Waals surface area contributed by atoms with Gasteiger partial charge < -0.3 is 24.3 Å². The maximum absolute atomic E-state index is 13.9. The van der Waals surface area contributed by atoms with Crippen molar-refractivity contribution in [2.24, 2.45) is 0 Å². The van der Waals surface area contributed by atoms with Crippen molar-refractivity contribution in [3.63, 3.8) is 0 Å². The molecule has 1 saturated carbocycles. The number of Topliss-reactive ketones (excluding diaryl/α,β-unsaturated/α-hetero) is 1. The Morgan fingerprint density at radius 3 is 2.47 bits per heavy atom. The molecule has 6 rings (SSSR count). The highest BCUT2D eigenvalue weighted by Gasteiger charge is 2.43. The summed E-state index contributed by atoms with van der Waals surface area (Å²) in [6.45, 7) is 1.97. The summed E-state index contributed by atoms with van der Waals surface area (Å²) in [6.07, 6.45) is 4.67. The number of allylic oxidation sites excluding steroid dienone is 3. The fourth-order valence-electron chi connectivity index (χ4n) is 6.11. The first-order valence-corrected chi connectivity index (χ1v) is 13.5. The van der Waals surface area contributed by atoms with E-state index in [1.807, 2.05) is 31.2 Å². The van der Waals surface area contributed by atoms with E-state index in [-0.39, 0.29) is 24.6 Å². The molecule has 1 N–H and O–H groups in total. The second kappa shape index (κ2) is 10.0. The van der Waals surface area contributed by atoms with Gasteiger partial charge in [-0.25, -0.2) is 4.79 Å². The van der Waals surface area contributed by atoms with Crippen LogP contribution in [0, 0.1) is 0 Å². The fourth-order valence-corrected chi connectivity index (χ4v) is 6.37. The number of nitrogens with one attached hydrogen (secondary N) is 1. The molecule has 2 aliphatic heterocycles. The number of carbonyl (C=O) groups is 2. The number of carbonyl (C=O) groups excluding carboxylic acids is 2. The van der Waals surface area contributed by atoms with Crippen LogP contribution in [0.2, 0.25) is 5.02 Å². The molecule has 2 heterocycles. The van der Waals surface area contributed by atoms with Gasteiger partial charge in [0.25, 0.3) is 0 Å². The van der Waals surface area contributed by atoms with Gasteiger partial charge in [-0.05, 0) is 74.3 Å². The Labute approximate surface area is 226 Å². The smallest absolute Gasteiger partial charge is 0.337 e. The Bertz CT molecular complexity index is 1360. The highest BCUT2D eigenvalue weighted by atomic mass is 35.5. The molecule has 4 aliphatic rings. The SMILES string of the molecule is COc1ccc(C2CC(=O)C3=C(C2)NC(C)=C(C(=O)OC2CCCC2)C3c2cc3c(cc2Cl)OCO3)cc1. The predicted molar refractivity (Wildman–Crippen MR) is 142 cm³/mol. The lowest BCUT2D eigenvalue weighted by atomic mass is 9.71. The van der Waals surface area contributed by atoms with Crippen molar-refractivity contribution in [3.8, 4) is 17.2 Å². The number of rotatable bonds is 5. The van der Waals surface area contributed by atoms with Crippen molar-refractivity contribution in [1.82, 2.24) is 5.32 Å². The van der Waals surface area contributed by atoms with Crippen LogP contribution < -0.4 is 19.5 Å². The van der Waals surface area contributed by atoms with E-state index < -0.39 is 11.9 Å². The summed E-state index contributed by atoms with van der Waals surface area (Å²) in [7, 11) is 1.63. The Morgan fingerprint density at radius 1 is 1.05 bits per heavy atom. The van der Waals surface area contributed by atoms with Gasteiger partial charge in [0, 0.05) is 40.4 Å². The molecule has 7 nitrogen and oxygen atoms in total. The van der Waals surface area contributed by atoms with Crippen LogP contribution in [0.4, 0.5) is 0 Å². The first kappa shape index (κ1) is 24.9. The maximum atomic E-state index is 13.9. The van der Waals surface area contributed by atoms with Gasteiger partial charge in [-0.3, -0.25) is 4.79 Å². The average Bonchev–Trinajstić information content (AvgIpc) is 3.59. The minimum Gasteiger partial charge on any atom is -0.497 e. The second-order valence-electron chi connectivity index (χ2n) is 10.3. The third kappa shape index (κ3) is 4.43. The summed E-state index contributed by atoms with van der Waals surface area (Å²) in [6, 6.07) is 11.3. The Kier molecular flexibility index (Phi) is 6.56. The summed E-state index contributed by atoms with van der Waals surface area (Å²) in [4.78, 5) is 27.5. The first-order valence-electron chi connectivity index (χ1n) is 13.1. The van der Waals surface area contributed by atoms with Gasteiger partial charge >= 0.3 is 5.97 Å². The lowest BCUT2D eigenvalue weighted by Gasteiger charge is -2.37. The monoisotopic (exact) mass is 535 g/mol. The molecule has 2 unspecified atom stereocenters. The largest absolute Gasteiger partial charge is 0.497 e. The van der Waals surface area contributed by atoms with Crippen molar-refractivity contribution >= 4 is 23.4 Å². The Morgan fingerprint density at radius 2 is 1.76 bits per heavy atom. The van der Waals surface area contributed by atoms with Crippen molar-refractivity contribution < 1.29 is 28.5 Å². The van der Waals surface area contributed by atoms with Gasteiger partial charge in [0.15, 0.2) is 17.3 Å². The highest BCUT2D eigenvalue weighted by Crippen LogP contribution is 2.50. The van der Waals surface area contributed by atoms with Gasteiger partial charge in [0.2, 0.25) is 6.79 Å². The molecule has 38 heavy (non-hydrogen) atoms. The van der Waals surface area contributed by atoms with E-state index >= 15 is 0 Å². The van der Waals surface area contributed by atoms with Gasteiger partial charge in [0.05, 0.1) is 12.7 Å². The molecule has 0 bridgehead atoms. The number of dihydropyridines is 1. The summed E-state index contributed by atoms with van der Waals surface area (Å²) in [5, 5.41) is 3.83. The van der Waals surface area contributed by atoms with Crippen molar-refractivity contribution in [2.45, 2.75) is 63.4 Å². The predicted octanol–water partition coefficient (Wildman–Crippen LogP) is 5.92. The number of fused-ring (bicyclic) bond motifs is 1. The zero-order valence-electron chi connectivity index (χ0n) is 21.5. The van der Waals surface area contributed by atoms with E-state index in [2.05, 4.69) is 5.32 Å². The van der Waals surface area contributed by atoms with Crippen LogP contribution in [0.15, 0.2) is 58.9 Å². The molecule has 2 aromatic carbocycles. The molecule has 2 atom stereocenters. The number of methoxy groups -OCH3 is 1. The summed E-state index contributed by atoms with van der Waals surface area (Å²) in [5.41, 5.74) is 4.19. The van der Waals surface area contributed by atoms with E-state index in [0.717, 1.165) is 42.7 Å². The number of benzene rings is 2. The van der Waals surface area contributed by atoms with E-state index in [9.17, 15) is 9.59 Å². The summed E-state index contributed by atoms with van der Waals surface area (Å²) in [5.74, 6) is 0.791. The molecule has 8 heteroatoms. The Balaban J connectivity index is 1.41. The van der Waals surface area contributed by atoms with E-state index in [0.29, 0.717) is 51.8 Å². The number of halogens is 1. The van der Waals surface area contributed by atoms with Crippen molar-refractivity contribution in [2.75, 3.05) is 13.9 Å². The van der Waals surface area contributed by atoms with Crippen LogP contribution in [-0.4, -0.2) is 31.8 Å². The second-order valence-corrected chi connectivity index (χ2v) is 10.7. The number of esters is 1. The molecule has 0 saturated heterocycles. The molecule has 0 aromatic heterocycles. The minimum absolute atomic E-state index is 0.00678. The van der Waals surface area contributed by atoms with E-state index in [1.165, 1.54) is 0 Å². The lowest BCUT2D eigenvalue weighted by molar-refractivity contribution is -0.144. The van der Waals surface area contributed by atoms with Gasteiger partial charge in [-0.1, -0.05) is 23.7 Å². The van der Waals surface area contributed by atoms with Crippen LogP contribution in [0.3, 0.4) is 0 Å². The molecule has 0 radical (unpaired) electrons. The van der Waals surface area contributed by atoms with E-state index in [1.54, 1.807) is 19.2 Å². The molecule has 0 amide bonds. The van der Waals surface area contributed by atoms with Crippen molar-refractivity contribution in [1.29, 1.82) is 0 Å². The topological polar surface area (TPSA) is 83.1 Å².